The number of aryl methyl sites for hydroxylation is 1. The first kappa shape index (κ1) is 12.0. The van der Waals surface area contributed by atoms with Gasteiger partial charge in [0.15, 0.2) is 0 Å². The first-order valence-corrected chi connectivity index (χ1v) is 7.02. The van der Waals surface area contributed by atoms with Crippen molar-refractivity contribution in [1.82, 2.24) is 4.98 Å². The fourth-order valence-corrected chi connectivity index (χ4v) is 2.59. The average molecular weight is 348 g/mol. The highest BCUT2D eigenvalue weighted by Crippen LogP contribution is 2.28. The number of halogens is 2. The number of carbonyl (C=O) groups is 1. The van der Waals surface area contributed by atoms with Crippen molar-refractivity contribution in [3.8, 4) is 0 Å². The van der Waals surface area contributed by atoms with Crippen LogP contribution in [0.5, 0.6) is 0 Å². The lowest BCUT2D eigenvalue weighted by Crippen LogP contribution is -2.26. The predicted octanol–water partition coefficient (Wildman–Crippen LogP) is 2.90. The van der Waals surface area contributed by atoms with Crippen LogP contribution in [0.15, 0.2) is 16.7 Å². The number of anilines is 1. The zero-order valence-corrected chi connectivity index (χ0v) is 12.1. The quantitative estimate of drug-likeness (QED) is 0.608. The van der Waals surface area contributed by atoms with Gasteiger partial charge in [0.25, 0.3) is 0 Å². The molecule has 1 saturated heterocycles. The fraction of sp³-hybridized carbons (Fsp3) is 0.455. The van der Waals surface area contributed by atoms with E-state index in [0.29, 0.717) is 12.3 Å². The summed E-state index contributed by atoms with van der Waals surface area (Å²) >= 11 is 6.77. The van der Waals surface area contributed by atoms with E-state index in [1.54, 1.807) is 4.90 Å². The monoisotopic (exact) mass is 346 g/mol. The Bertz CT molecular complexity index is 422. The Labute approximate surface area is 111 Å². The van der Waals surface area contributed by atoms with Crippen LogP contribution >= 0.6 is 31.9 Å². The van der Waals surface area contributed by atoms with E-state index in [2.05, 4.69) is 36.8 Å². The number of hydrogen-bond acceptors (Lipinski definition) is 2. The molecule has 0 bridgehead atoms. The molecule has 2 heterocycles. The maximum Gasteiger partial charge on any atom is 0.228 e. The maximum atomic E-state index is 11.9. The van der Waals surface area contributed by atoms with Gasteiger partial charge >= 0.3 is 0 Å². The number of rotatable bonds is 2. The van der Waals surface area contributed by atoms with E-state index in [-0.39, 0.29) is 5.91 Å². The van der Waals surface area contributed by atoms with Gasteiger partial charge < -0.3 is 0 Å². The molecule has 1 amide bonds. The van der Waals surface area contributed by atoms with Crippen LogP contribution in [0.4, 0.5) is 5.82 Å². The molecule has 0 aliphatic carbocycles. The second kappa shape index (κ2) is 4.84. The summed E-state index contributed by atoms with van der Waals surface area (Å²) in [5.74, 6) is 1.34. The summed E-state index contributed by atoms with van der Waals surface area (Å²) in [5.41, 5.74) is 1.03. The first-order chi connectivity index (χ1) is 7.61. The van der Waals surface area contributed by atoms with Crippen LogP contribution in [0.25, 0.3) is 0 Å². The number of carbonyl (C=O) groups excluding carboxylic acids is 1. The Morgan fingerprint density at radius 1 is 1.56 bits per heavy atom. The summed E-state index contributed by atoms with van der Waals surface area (Å²) in [4.78, 5) is 18.0. The Hall–Kier alpha value is -0.420. The summed E-state index contributed by atoms with van der Waals surface area (Å²) in [6.45, 7) is 2.73. The first-order valence-electron chi connectivity index (χ1n) is 5.11. The van der Waals surface area contributed by atoms with E-state index in [9.17, 15) is 4.79 Å². The largest absolute Gasteiger partial charge is 0.296 e. The van der Waals surface area contributed by atoms with E-state index >= 15 is 0 Å². The van der Waals surface area contributed by atoms with Gasteiger partial charge in [-0.1, -0.05) is 22.0 Å². The summed E-state index contributed by atoms with van der Waals surface area (Å²) in [5, 5.41) is 0.863. The smallest absolute Gasteiger partial charge is 0.228 e. The minimum atomic E-state index is 0.165. The topological polar surface area (TPSA) is 33.2 Å². The van der Waals surface area contributed by atoms with Gasteiger partial charge in [-0.3, -0.25) is 9.69 Å². The molecule has 86 valence electrons. The van der Waals surface area contributed by atoms with Crippen molar-refractivity contribution in [3.63, 3.8) is 0 Å². The molecule has 1 unspecified atom stereocenters. The summed E-state index contributed by atoms with van der Waals surface area (Å²) in [6.07, 6.45) is 0.610. The van der Waals surface area contributed by atoms with Crippen LogP contribution in [0.2, 0.25) is 0 Å². The van der Waals surface area contributed by atoms with E-state index in [4.69, 9.17) is 0 Å². The van der Waals surface area contributed by atoms with Gasteiger partial charge in [-0.2, -0.15) is 0 Å². The van der Waals surface area contributed by atoms with Crippen molar-refractivity contribution >= 4 is 43.6 Å². The normalized spacial score (nSPS) is 20.6. The molecule has 1 aromatic heterocycles. The van der Waals surface area contributed by atoms with Crippen LogP contribution in [0.3, 0.4) is 0 Å². The second-order valence-electron chi connectivity index (χ2n) is 4.00. The standard InChI is InChI=1S/C11H12Br2N2O/c1-7-2-3-9(13)14-11(7)15-6-8(5-12)4-10(15)16/h2-3,8H,4-6H2,1H3. The van der Waals surface area contributed by atoms with Crippen LogP contribution in [0.1, 0.15) is 12.0 Å². The van der Waals surface area contributed by atoms with Gasteiger partial charge in [-0.25, -0.2) is 4.98 Å². The zero-order valence-electron chi connectivity index (χ0n) is 8.91. The van der Waals surface area contributed by atoms with Gasteiger partial charge in [0.1, 0.15) is 10.4 Å². The predicted molar refractivity (Wildman–Crippen MR) is 70.9 cm³/mol. The van der Waals surface area contributed by atoms with E-state index in [0.717, 1.165) is 27.9 Å². The van der Waals surface area contributed by atoms with Crippen molar-refractivity contribution in [2.24, 2.45) is 5.92 Å². The van der Waals surface area contributed by atoms with Gasteiger partial charge in [0, 0.05) is 18.3 Å². The summed E-state index contributed by atoms with van der Waals surface area (Å²) in [6, 6.07) is 3.86. The minimum Gasteiger partial charge on any atom is -0.296 e. The van der Waals surface area contributed by atoms with Crippen LogP contribution in [-0.4, -0.2) is 22.8 Å². The van der Waals surface area contributed by atoms with Crippen LogP contribution in [-0.2, 0) is 4.79 Å². The molecule has 2 rings (SSSR count). The lowest BCUT2D eigenvalue weighted by molar-refractivity contribution is -0.117. The van der Waals surface area contributed by atoms with Crippen molar-refractivity contribution in [2.75, 3.05) is 16.8 Å². The second-order valence-corrected chi connectivity index (χ2v) is 5.46. The molecular weight excluding hydrogens is 336 g/mol. The lowest BCUT2D eigenvalue weighted by atomic mass is 10.2. The Morgan fingerprint density at radius 2 is 2.31 bits per heavy atom. The third-order valence-corrected chi connectivity index (χ3v) is 4.07. The molecular formula is C11H12Br2N2O. The van der Waals surface area contributed by atoms with Crippen molar-refractivity contribution in [1.29, 1.82) is 0 Å². The number of hydrogen-bond donors (Lipinski definition) is 0. The Balaban J connectivity index is 2.30. The van der Waals surface area contributed by atoms with Crippen molar-refractivity contribution in [2.45, 2.75) is 13.3 Å². The molecule has 16 heavy (non-hydrogen) atoms. The third-order valence-electron chi connectivity index (χ3n) is 2.72. The Kier molecular flexibility index (Phi) is 3.64. The van der Waals surface area contributed by atoms with Crippen LogP contribution in [0, 0.1) is 12.8 Å². The summed E-state index contributed by atoms with van der Waals surface area (Å²) in [7, 11) is 0. The molecule has 0 spiro atoms. The SMILES string of the molecule is Cc1ccc(Br)nc1N1CC(CBr)CC1=O. The van der Waals surface area contributed by atoms with Gasteiger partial charge in [-0.05, 0) is 40.4 Å². The maximum absolute atomic E-state index is 11.9. The number of nitrogens with zero attached hydrogens (tertiary/aromatic N) is 2. The van der Waals surface area contributed by atoms with Gasteiger partial charge in [0.05, 0.1) is 0 Å². The molecule has 0 saturated carbocycles. The molecule has 0 N–H and O–H groups in total. The van der Waals surface area contributed by atoms with Crippen molar-refractivity contribution in [3.05, 3.63) is 22.3 Å². The fourth-order valence-electron chi connectivity index (χ4n) is 1.86. The van der Waals surface area contributed by atoms with E-state index in [1.807, 2.05) is 19.1 Å². The number of pyridine rings is 1. The van der Waals surface area contributed by atoms with Gasteiger partial charge in [0.2, 0.25) is 5.91 Å². The lowest BCUT2D eigenvalue weighted by Gasteiger charge is -2.17. The molecule has 1 atom stereocenters. The Morgan fingerprint density at radius 3 is 2.94 bits per heavy atom. The highest BCUT2D eigenvalue weighted by atomic mass is 79.9. The molecule has 1 aliphatic rings. The molecule has 1 fully saturated rings. The molecule has 0 radical (unpaired) electrons. The van der Waals surface area contributed by atoms with Crippen molar-refractivity contribution < 1.29 is 4.79 Å². The summed E-state index contributed by atoms with van der Waals surface area (Å²) < 4.78 is 0.767. The molecule has 3 nitrogen and oxygen atoms in total. The number of aromatic nitrogens is 1. The average Bonchev–Trinajstić information content (AvgIpc) is 2.63. The number of alkyl halides is 1. The zero-order chi connectivity index (χ0) is 11.7. The molecule has 1 aromatic rings. The van der Waals surface area contributed by atoms with E-state index < -0.39 is 0 Å². The third kappa shape index (κ3) is 2.30. The highest BCUT2D eigenvalue weighted by molar-refractivity contribution is 9.10. The molecule has 0 aromatic carbocycles. The number of amides is 1. The van der Waals surface area contributed by atoms with E-state index in [1.165, 1.54) is 0 Å². The van der Waals surface area contributed by atoms with Gasteiger partial charge in [-0.15, -0.1) is 0 Å². The minimum absolute atomic E-state index is 0.165. The highest BCUT2D eigenvalue weighted by Gasteiger charge is 2.31. The van der Waals surface area contributed by atoms with Crippen LogP contribution < -0.4 is 4.90 Å². The molecule has 5 heteroatoms. The molecule has 1 aliphatic heterocycles.